The molecular formula is C20H16F4N4O3S. The van der Waals surface area contributed by atoms with Crippen LogP contribution in [0.4, 0.5) is 34.2 Å². The molecule has 0 spiro atoms. The Bertz CT molecular complexity index is 1130. The molecule has 7 nitrogen and oxygen atoms in total. The number of carbonyl (C=O) groups is 2. The molecule has 0 unspecified atom stereocenters. The van der Waals surface area contributed by atoms with Gasteiger partial charge in [0.15, 0.2) is 5.13 Å². The summed E-state index contributed by atoms with van der Waals surface area (Å²) in [7, 11) is 0. The monoisotopic (exact) mass is 468 g/mol. The van der Waals surface area contributed by atoms with Gasteiger partial charge in [0.05, 0.1) is 0 Å². The van der Waals surface area contributed by atoms with Gasteiger partial charge in [-0.15, -0.1) is 13.2 Å². The predicted molar refractivity (Wildman–Crippen MR) is 110 cm³/mol. The molecule has 32 heavy (non-hydrogen) atoms. The van der Waals surface area contributed by atoms with E-state index >= 15 is 0 Å². The van der Waals surface area contributed by atoms with Gasteiger partial charge < -0.3 is 21.1 Å². The van der Waals surface area contributed by atoms with E-state index in [0.717, 1.165) is 35.6 Å². The molecule has 0 radical (unpaired) electrons. The number of anilines is 3. The van der Waals surface area contributed by atoms with Crippen LogP contribution >= 0.6 is 11.3 Å². The fraction of sp³-hybridized carbons (Fsp3) is 0.150. The van der Waals surface area contributed by atoms with E-state index in [4.69, 9.17) is 11.5 Å². The molecule has 3 rings (SSSR count). The molecule has 0 fully saturated rings. The van der Waals surface area contributed by atoms with Crippen LogP contribution in [0.5, 0.6) is 5.75 Å². The molecule has 1 amide bonds. The fourth-order valence-corrected chi connectivity index (χ4v) is 3.80. The van der Waals surface area contributed by atoms with Crippen LogP contribution in [-0.4, -0.2) is 29.1 Å². The van der Waals surface area contributed by atoms with Crippen molar-refractivity contribution in [1.29, 1.82) is 0 Å². The van der Waals surface area contributed by atoms with E-state index in [9.17, 15) is 27.2 Å². The number of primary amides is 1. The summed E-state index contributed by atoms with van der Waals surface area (Å²) in [6.45, 7) is 1.50. The number of halogens is 4. The summed E-state index contributed by atoms with van der Waals surface area (Å²) in [5.41, 5.74) is 11.8. The van der Waals surface area contributed by atoms with Crippen LogP contribution in [0.25, 0.3) is 0 Å². The van der Waals surface area contributed by atoms with Crippen molar-refractivity contribution >= 4 is 39.7 Å². The lowest BCUT2D eigenvalue weighted by Crippen LogP contribution is -2.39. The highest BCUT2D eigenvalue weighted by molar-refractivity contribution is 7.18. The van der Waals surface area contributed by atoms with Gasteiger partial charge >= 0.3 is 6.36 Å². The van der Waals surface area contributed by atoms with E-state index in [1.807, 2.05) is 0 Å². The van der Waals surface area contributed by atoms with E-state index in [1.165, 1.54) is 36.1 Å². The van der Waals surface area contributed by atoms with Crippen LogP contribution < -0.4 is 21.1 Å². The molecule has 0 bridgehead atoms. The Morgan fingerprint density at radius 2 is 1.69 bits per heavy atom. The third kappa shape index (κ3) is 5.14. The van der Waals surface area contributed by atoms with Gasteiger partial charge in [0.1, 0.15) is 28.3 Å². The second-order valence-corrected chi connectivity index (χ2v) is 7.51. The Labute approximate surface area is 183 Å². The van der Waals surface area contributed by atoms with E-state index in [1.54, 1.807) is 0 Å². The molecule has 0 aliphatic rings. The molecule has 1 heterocycles. The molecular weight excluding hydrogens is 452 g/mol. The number of ketones is 1. The lowest BCUT2D eigenvalue weighted by Gasteiger charge is -2.26. The van der Waals surface area contributed by atoms with Gasteiger partial charge in [-0.1, -0.05) is 11.3 Å². The number of benzene rings is 2. The fourth-order valence-electron chi connectivity index (χ4n) is 2.75. The number of thiazole rings is 1. The average Bonchev–Trinajstić information content (AvgIpc) is 3.09. The van der Waals surface area contributed by atoms with Gasteiger partial charge in [-0.05, 0) is 55.5 Å². The van der Waals surface area contributed by atoms with Crippen LogP contribution in [0.3, 0.4) is 0 Å². The number of rotatable bonds is 7. The minimum Gasteiger partial charge on any atom is -0.406 e. The number of carbonyl (C=O) groups excluding carboxylic acids is 2. The van der Waals surface area contributed by atoms with E-state index in [0.29, 0.717) is 5.69 Å². The summed E-state index contributed by atoms with van der Waals surface area (Å²) < 4.78 is 54.0. The zero-order chi connectivity index (χ0) is 23.6. The van der Waals surface area contributed by atoms with Gasteiger partial charge in [0.2, 0.25) is 11.7 Å². The highest BCUT2D eigenvalue weighted by Crippen LogP contribution is 2.36. The summed E-state index contributed by atoms with van der Waals surface area (Å²) in [4.78, 5) is 30.2. The average molecular weight is 468 g/mol. The zero-order valence-electron chi connectivity index (χ0n) is 16.4. The van der Waals surface area contributed by atoms with Crippen LogP contribution in [0, 0.1) is 5.82 Å². The molecule has 3 aromatic rings. The lowest BCUT2D eigenvalue weighted by molar-refractivity contribution is -0.274. The van der Waals surface area contributed by atoms with Crippen LogP contribution in [-0.2, 0) is 4.79 Å². The Kier molecular flexibility index (Phi) is 6.35. The number of aromatic nitrogens is 1. The second kappa shape index (κ2) is 8.83. The van der Waals surface area contributed by atoms with Gasteiger partial charge in [0, 0.05) is 11.3 Å². The Balaban J connectivity index is 1.94. The van der Waals surface area contributed by atoms with Gasteiger partial charge in [-0.3, -0.25) is 9.59 Å². The maximum absolute atomic E-state index is 13.3. The number of alkyl halides is 3. The molecule has 0 aliphatic heterocycles. The summed E-state index contributed by atoms with van der Waals surface area (Å²) in [5, 5.41) is 0.154. The summed E-state index contributed by atoms with van der Waals surface area (Å²) in [5.74, 6) is -2.40. The van der Waals surface area contributed by atoms with E-state index in [2.05, 4.69) is 9.72 Å². The predicted octanol–water partition coefficient (Wildman–Crippen LogP) is 4.01. The Morgan fingerprint density at radius 3 is 2.22 bits per heavy atom. The molecule has 0 saturated carbocycles. The van der Waals surface area contributed by atoms with Gasteiger partial charge in [0.25, 0.3) is 0 Å². The van der Waals surface area contributed by atoms with Crippen LogP contribution in [0.1, 0.15) is 22.2 Å². The quantitative estimate of drug-likeness (QED) is 0.400. The normalized spacial score (nSPS) is 12.3. The highest BCUT2D eigenvalue weighted by Gasteiger charge is 2.31. The number of ether oxygens (including phenoxy) is 1. The van der Waals surface area contributed by atoms with Crippen molar-refractivity contribution in [2.75, 3.05) is 10.6 Å². The van der Waals surface area contributed by atoms with Crippen molar-refractivity contribution in [3.63, 3.8) is 0 Å². The minimum absolute atomic E-state index is 0.00766. The van der Waals surface area contributed by atoms with E-state index in [-0.39, 0.29) is 21.4 Å². The standard InChI is InChI=1S/C20H16F4N4O3S/c1-10(18(26)30)28(13-6-4-12(21)5-7-13)19-27-17(25)16(32-19)15(29)11-2-8-14(9-3-11)31-20(22,23)24/h2-10H,25H2,1H3,(H2,26,30)/t10-/m0/s1. The maximum atomic E-state index is 13.3. The SMILES string of the molecule is C[C@@H](C(N)=O)N(c1ccc(F)cc1)c1nc(N)c(C(=O)c2ccc(OC(F)(F)F)cc2)s1. The first-order chi connectivity index (χ1) is 15.0. The number of hydrogen-bond acceptors (Lipinski definition) is 7. The summed E-state index contributed by atoms with van der Waals surface area (Å²) in [6, 6.07) is 8.59. The second-order valence-electron chi connectivity index (χ2n) is 6.54. The van der Waals surface area contributed by atoms with Crippen molar-refractivity contribution < 1.29 is 31.9 Å². The number of amides is 1. The number of nitrogens with zero attached hydrogens (tertiary/aromatic N) is 2. The van der Waals surface area contributed by atoms with Crippen LogP contribution in [0.2, 0.25) is 0 Å². The molecule has 2 aromatic carbocycles. The Morgan fingerprint density at radius 1 is 1.09 bits per heavy atom. The third-order valence-electron chi connectivity index (χ3n) is 4.31. The van der Waals surface area contributed by atoms with E-state index < -0.39 is 35.7 Å². The number of nitrogens with two attached hydrogens (primary N) is 2. The number of hydrogen-bond donors (Lipinski definition) is 2. The minimum atomic E-state index is -4.86. The molecule has 4 N–H and O–H groups in total. The third-order valence-corrected chi connectivity index (χ3v) is 5.38. The molecule has 1 aromatic heterocycles. The van der Waals surface area contributed by atoms with Crippen LogP contribution in [0.15, 0.2) is 48.5 Å². The van der Waals surface area contributed by atoms with Gasteiger partial charge in [-0.2, -0.15) is 0 Å². The molecule has 0 aliphatic carbocycles. The molecule has 0 saturated heterocycles. The van der Waals surface area contributed by atoms with Crippen molar-refractivity contribution in [2.45, 2.75) is 19.3 Å². The van der Waals surface area contributed by atoms with Crippen molar-refractivity contribution in [3.8, 4) is 5.75 Å². The maximum Gasteiger partial charge on any atom is 0.573 e. The smallest absolute Gasteiger partial charge is 0.406 e. The lowest BCUT2D eigenvalue weighted by atomic mass is 10.1. The van der Waals surface area contributed by atoms with Crippen molar-refractivity contribution in [3.05, 3.63) is 64.8 Å². The van der Waals surface area contributed by atoms with Gasteiger partial charge in [-0.25, -0.2) is 9.37 Å². The highest BCUT2D eigenvalue weighted by atomic mass is 32.1. The summed E-state index contributed by atoms with van der Waals surface area (Å²) in [6.07, 6.45) is -4.86. The molecule has 1 atom stereocenters. The molecule has 12 heteroatoms. The van der Waals surface area contributed by atoms with Crippen molar-refractivity contribution in [2.24, 2.45) is 5.73 Å². The number of nitrogen functional groups attached to an aromatic ring is 1. The zero-order valence-corrected chi connectivity index (χ0v) is 17.2. The largest absolute Gasteiger partial charge is 0.573 e. The topological polar surface area (TPSA) is 112 Å². The first-order valence-corrected chi connectivity index (χ1v) is 9.79. The van der Waals surface area contributed by atoms with Crippen molar-refractivity contribution in [1.82, 2.24) is 4.98 Å². The molecule has 168 valence electrons. The summed E-state index contributed by atoms with van der Waals surface area (Å²) >= 11 is 0.857. The Hall–Kier alpha value is -3.67. The first kappa shape index (κ1) is 23.0. The first-order valence-electron chi connectivity index (χ1n) is 8.97.